The minimum absolute atomic E-state index is 0.266. The van der Waals surface area contributed by atoms with Crippen LogP contribution in [0.15, 0.2) is 42.5 Å². The van der Waals surface area contributed by atoms with Crippen molar-refractivity contribution in [3.05, 3.63) is 53.6 Å². The van der Waals surface area contributed by atoms with Gasteiger partial charge >= 0.3 is 6.61 Å². The lowest BCUT2D eigenvalue weighted by Gasteiger charge is -2.10. The van der Waals surface area contributed by atoms with Crippen molar-refractivity contribution in [2.75, 3.05) is 0 Å². The van der Waals surface area contributed by atoms with Crippen LogP contribution in [-0.2, 0) is 6.42 Å². The van der Waals surface area contributed by atoms with Crippen molar-refractivity contribution >= 4 is 0 Å². The van der Waals surface area contributed by atoms with Crippen molar-refractivity contribution in [1.82, 2.24) is 0 Å². The van der Waals surface area contributed by atoms with Crippen molar-refractivity contribution < 1.29 is 13.5 Å². The first-order chi connectivity index (χ1) is 8.25. The third kappa shape index (κ3) is 1.68. The molecule has 0 amide bonds. The molecule has 0 unspecified atom stereocenters. The van der Waals surface area contributed by atoms with Crippen LogP contribution in [0, 0.1) is 0 Å². The van der Waals surface area contributed by atoms with Crippen molar-refractivity contribution in [3.63, 3.8) is 0 Å². The van der Waals surface area contributed by atoms with Crippen molar-refractivity contribution in [2.45, 2.75) is 13.0 Å². The Morgan fingerprint density at radius 3 is 2.53 bits per heavy atom. The molecule has 0 bridgehead atoms. The summed E-state index contributed by atoms with van der Waals surface area (Å²) in [5.74, 6) is 0.266. The van der Waals surface area contributed by atoms with Crippen LogP contribution in [-0.4, -0.2) is 6.61 Å². The highest BCUT2D eigenvalue weighted by Crippen LogP contribution is 2.42. The van der Waals surface area contributed by atoms with Crippen LogP contribution >= 0.6 is 0 Å². The third-order valence-electron chi connectivity index (χ3n) is 3.00. The fraction of sp³-hybridized carbons (Fsp3) is 0.143. The molecule has 2 aromatic rings. The average molecular weight is 232 g/mol. The molecule has 0 fully saturated rings. The van der Waals surface area contributed by atoms with Gasteiger partial charge in [0.05, 0.1) is 0 Å². The molecule has 0 N–H and O–H groups in total. The predicted molar refractivity (Wildman–Crippen MR) is 61.3 cm³/mol. The largest absolute Gasteiger partial charge is 0.434 e. The molecule has 86 valence electrons. The lowest BCUT2D eigenvalue weighted by molar-refractivity contribution is -0.0494. The summed E-state index contributed by atoms with van der Waals surface area (Å²) >= 11 is 0. The van der Waals surface area contributed by atoms with Gasteiger partial charge in [0.15, 0.2) is 0 Å². The highest BCUT2D eigenvalue weighted by Gasteiger charge is 2.22. The third-order valence-corrected chi connectivity index (χ3v) is 3.00. The van der Waals surface area contributed by atoms with Gasteiger partial charge < -0.3 is 4.74 Å². The van der Waals surface area contributed by atoms with E-state index in [2.05, 4.69) is 4.74 Å². The van der Waals surface area contributed by atoms with Crippen molar-refractivity contribution in [1.29, 1.82) is 0 Å². The molecule has 0 aromatic heterocycles. The van der Waals surface area contributed by atoms with Crippen molar-refractivity contribution in [2.24, 2.45) is 0 Å². The standard InChI is InChI=1S/C14H10F2O/c15-14(16)17-12-7-3-5-10-8-9-4-1-2-6-11(9)13(10)12/h1-7,14H,8H2. The maximum Gasteiger partial charge on any atom is 0.387 e. The number of halogens is 2. The van der Waals surface area contributed by atoms with Gasteiger partial charge in [0.2, 0.25) is 0 Å². The van der Waals surface area contributed by atoms with Crippen LogP contribution in [0.5, 0.6) is 5.75 Å². The van der Waals surface area contributed by atoms with Crippen molar-refractivity contribution in [3.8, 4) is 16.9 Å². The highest BCUT2D eigenvalue weighted by atomic mass is 19.3. The predicted octanol–water partition coefficient (Wildman–Crippen LogP) is 3.86. The Morgan fingerprint density at radius 1 is 0.941 bits per heavy atom. The zero-order chi connectivity index (χ0) is 11.8. The van der Waals surface area contributed by atoms with Crippen LogP contribution in [0.3, 0.4) is 0 Å². The smallest absolute Gasteiger partial charge is 0.387 e. The van der Waals surface area contributed by atoms with E-state index in [0.717, 1.165) is 28.7 Å². The number of rotatable bonds is 2. The number of fused-ring (bicyclic) bond motifs is 3. The zero-order valence-corrected chi connectivity index (χ0v) is 8.99. The number of benzene rings is 2. The lowest BCUT2D eigenvalue weighted by Crippen LogP contribution is -2.03. The Morgan fingerprint density at radius 2 is 1.71 bits per heavy atom. The summed E-state index contributed by atoms with van der Waals surface area (Å²) in [4.78, 5) is 0. The lowest BCUT2D eigenvalue weighted by atomic mass is 10.1. The van der Waals surface area contributed by atoms with Gasteiger partial charge in [-0.1, -0.05) is 36.4 Å². The molecule has 0 saturated carbocycles. The number of hydrogen-bond acceptors (Lipinski definition) is 1. The second-order valence-electron chi connectivity index (χ2n) is 4.00. The average Bonchev–Trinajstić information content (AvgIpc) is 2.67. The first-order valence-corrected chi connectivity index (χ1v) is 5.40. The van der Waals surface area contributed by atoms with E-state index in [4.69, 9.17) is 0 Å². The molecule has 0 heterocycles. The topological polar surface area (TPSA) is 9.23 Å². The van der Waals surface area contributed by atoms with Crippen LogP contribution in [0.2, 0.25) is 0 Å². The molecule has 0 saturated heterocycles. The van der Waals surface area contributed by atoms with E-state index in [1.807, 2.05) is 30.3 Å². The van der Waals surface area contributed by atoms with E-state index in [9.17, 15) is 8.78 Å². The second-order valence-corrected chi connectivity index (χ2v) is 4.00. The molecule has 3 rings (SSSR count). The molecule has 1 aliphatic carbocycles. The summed E-state index contributed by atoms with van der Waals surface area (Å²) in [6.45, 7) is -2.78. The monoisotopic (exact) mass is 232 g/mol. The maximum absolute atomic E-state index is 12.3. The number of hydrogen-bond donors (Lipinski definition) is 0. The van der Waals surface area contributed by atoms with E-state index in [1.165, 1.54) is 0 Å². The number of alkyl halides is 2. The Bertz CT molecular complexity index is 564. The molecule has 0 spiro atoms. The SMILES string of the molecule is FC(F)Oc1cccc2c1-c1ccccc1C2. The van der Waals surface area contributed by atoms with Gasteiger partial charge in [-0.3, -0.25) is 0 Å². The fourth-order valence-corrected chi connectivity index (χ4v) is 2.35. The summed E-state index contributed by atoms with van der Waals surface area (Å²) < 4.78 is 29.3. The minimum Gasteiger partial charge on any atom is -0.434 e. The van der Waals surface area contributed by atoms with Gasteiger partial charge in [-0.15, -0.1) is 0 Å². The summed E-state index contributed by atoms with van der Waals surface area (Å²) in [6.07, 6.45) is 0.784. The summed E-state index contributed by atoms with van der Waals surface area (Å²) in [7, 11) is 0. The molecule has 3 heteroatoms. The molecule has 1 aliphatic rings. The fourth-order valence-electron chi connectivity index (χ4n) is 2.35. The minimum atomic E-state index is -2.78. The Hall–Kier alpha value is -1.90. The quantitative estimate of drug-likeness (QED) is 0.652. The normalized spacial score (nSPS) is 12.4. The molecule has 0 atom stereocenters. The highest BCUT2D eigenvalue weighted by molar-refractivity contribution is 5.81. The van der Waals surface area contributed by atoms with Gasteiger partial charge in [-0.25, -0.2) is 0 Å². The molecule has 2 aromatic carbocycles. The Labute approximate surface area is 97.7 Å². The molecule has 0 radical (unpaired) electrons. The molecular formula is C14H10F2O. The van der Waals surface area contributed by atoms with Gasteiger partial charge in [-0.2, -0.15) is 8.78 Å². The Balaban J connectivity index is 2.16. The first-order valence-electron chi connectivity index (χ1n) is 5.40. The van der Waals surface area contributed by atoms with E-state index < -0.39 is 6.61 Å². The van der Waals surface area contributed by atoms with Gasteiger partial charge in [0.1, 0.15) is 5.75 Å². The Kier molecular flexibility index (Phi) is 2.32. The van der Waals surface area contributed by atoms with E-state index in [1.54, 1.807) is 12.1 Å². The zero-order valence-electron chi connectivity index (χ0n) is 8.99. The molecule has 17 heavy (non-hydrogen) atoms. The van der Waals surface area contributed by atoms with E-state index >= 15 is 0 Å². The molecule has 1 nitrogen and oxygen atoms in total. The van der Waals surface area contributed by atoms with Crippen LogP contribution < -0.4 is 4.74 Å². The van der Waals surface area contributed by atoms with Crippen LogP contribution in [0.25, 0.3) is 11.1 Å². The number of ether oxygens (including phenoxy) is 1. The first kappa shape index (κ1) is 10.3. The summed E-state index contributed by atoms with van der Waals surface area (Å²) in [5.41, 5.74) is 4.01. The van der Waals surface area contributed by atoms with Crippen LogP contribution in [0.4, 0.5) is 8.78 Å². The van der Waals surface area contributed by atoms with E-state index in [-0.39, 0.29) is 5.75 Å². The van der Waals surface area contributed by atoms with Crippen LogP contribution in [0.1, 0.15) is 11.1 Å². The van der Waals surface area contributed by atoms with Gasteiger partial charge in [-0.05, 0) is 29.2 Å². The van der Waals surface area contributed by atoms with Gasteiger partial charge in [0.25, 0.3) is 0 Å². The van der Waals surface area contributed by atoms with Gasteiger partial charge in [0, 0.05) is 5.56 Å². The second kappa shape index (κ2) is 3.84. The van der Waals surface area contributed by atoms with E-state index in [0.29, 0.717) is 0 Å². The molecule has 0 aliphatic heterocycles. The summed E-state index contributed by atoms with van der Waals surface area (Å²) in [6, 6.07) is 13.1. The maximum atomic E-state index is 12.3. The summed E-state index contributed by atoms with van der Waals surface area (Å²) in [5, 5.41) is 0. The molecular weight excluding hydrogens is 222 g/mol.